The molecule has 2 aliphatic rings. The van der Waals surface area contributed by atoms with Gasteiger partial charge in [0, 0.05) is 37.4 Å². The number of amides is 1. The van der Waals surface area contributed by atoms with Crippen LogP contribution in [0.1, 0.15) is 50.6 Å². The first-order valence-electron chi connectivity index (χ1n) is 9.06. The molecule has 1 aliphatic carbocycles. The zero-order valence-corrected chi connectivity index (χ0v) is 14.0. The van der Waals surface area contributed by atoms with Crippen molar-refractivity contribution in [3.63, 3.8) is 0 Å². The molecule has 0 unspecified atom stereocenters. The third-order valence-electron chi connectivity index (χ3n) is 5.61. The largest absolute Gasteiger partial charge is 0.351 e. The summed E-state index contributed by atoms with van der Waals surface area (Å²) in [6.45, 7) is 1.67. The molecule has 2 aromatic heterocycles. The van der Waals surface area contributed by atoms with Crippen molar-refractivity contribution in [3.8, 4) is 0 Å². The van der Waals surface area contributed by atoms with Crippen LogP contribution in [0.2, 0.25) is 0 Å². The molecule has 0 radical (unpaired) electrons. The van der Waals surface area contributed by atoms with E-state index in [0.29, 0.717) is 11.9 Å². The number of hydrogen-bond acceptors (Lipinski definition) is 3. The standard InChI is InChI=1S/C18H25N5O/c24-18(15-5-7-16(8-6-15)21-9-1-2-10-21)22-11-3-4-17(12-22)23-14-19-13-20-23/h1-2,9-10,13-17H,3-8,11-12H2/t15?,16?,17-/m0/s1. The van der Waals surface area contributed by atoms with Crippen LogP contribution in [0.15, 0.2) is 37.2 Å². The summed E-state index contributed by atoms with van der Waals surface area (Å²) in [5.74, 6) is 0.553. The van der Waals surface area contributed by atoms with Crippen molar-refractivity contribution in [2.24, 2.45) is 5.92 Å². The van der Waals surface area contributed by atoms with Crippen molar-refractivity contribution in [2.45, 2.75) is 50.6 Å². The normalized spacial score (nSPS) is 28.0. The fraction of sp³-hybridized carbons (Fsp3) is 0.611. The second kappa shape index (κ2) is 6.79. The molecule has 0 spiro atoms. The van der Waals surface area contributed by atoms with E-state index < -0.39 is 0 Å². The van der Waals surface area contributed by atoms with Crippen LogP contribution in [0, 0.1) is 5.92 Å². The number of carbonyl (C=O) groups is 1. The highest BCUT2D eigenvalue weighted by molar-refractivity contribution is 5.79. The van der Waals surface area contributed by atoms with E-state index in [4.69, 9.17) is 0 Å². The van der Waals surface area contributed by atoms with Gasteiger partial charge >= 0.3 is 0 Å². The molecule has 1 saturated heterocycles. The van der Waals surface area contributed by atoms with Gasteiger partial charge in [-0.3, -0.25) is 4.79 Å². The van der Waals surface area contributed by atoms with Gasteiger partial charge < -0.3 is 9.47 Å². The molecule has 3 heterocycles. The van der Waals surface area contributed by atoms with Gasteiger partial charge in [-0.15, -0.1) is 0 Å². The number of nitrogens with zero attached hydrogens (tertiary/aromatic N) is 5. The SMILES string of the molecule is O=C(C1CCC(n2cccc2)CC1)N1CCC[C@H](n2cncn2)C1. The number of carbonyl (C=O) groups excluding carboxylic acids is 1. The van der Waals surface area contributed by atoms with Gasteiger partial charge in [-0.2, -0.15) is 5.10 Å². The zero-order valence-electron chi connectivity index (χ0n) is 14.0. The highest BCUT2D eigenvalue weighted by atomic mass is 16.2. The summed E-state index contributed by atoms with van der Waals surface area (Å²) >= 11 is 0. The molecule has 1 saturated carbocycles. The molecule has 4 rings (SSSR count). The number of likely N-dealkylation sites (tertiary alicyclic amines) is 1. The fourth-order valence-electron chi connectivity index (χ4n) is 4.25. The first kappa shape index (κ1) is 15.4. The van der Waals surface area contributed by atoms with E-state index in [2.05, 4.69) is 44.1 Å². The second-order valence-electron chi connectivity index (χ2n) is 7.09. The molecular formula is C18H25N5O. The maximum Gasteiger partial charge on any atom is 0.225 e. The van der Waals surface area contributed by atoms with E-state index in [-0.39, 0.29) is 12.0 Å². The van der Waals surface area contributed by atoms with E-state index in [1.807, 2.05) is 4.68 Å². The summed E-state index contributed by atoms with van der Waals surface area (Å²) < 4.78 is 4.20. The molecule has 0 bridgehead atoms. The van der Waals surface area contributed by atoms with Crippen molar-refractivity contribution in [1.82, 2.24) is 24.2 Å². The smallest absolute Gasteiger partial charge is 0.225 e. The van der Waals surface area contributed by atoms with Crippen molar-refractivity contribution >= 4 is 5.91 Å². The van der Waals surface area contributed by atoms with Gasteiger partial charge in [0.15, 0.2) is 0 Å². The lowest BCUT2D eigenvalue weighted by Gasteiger charge is -2.37. The second-order valence-corrected chi connectivity index (χ2v) is 7.09. The van der Waals surface area contributed by atoms with Crippen LogP contribution in [0.5, 0.6) is 0 Å². The van der Waals surface area contributed by atoms with Crippen molar-refractivity contribution < 1.29 is 4.79 Å². The van der Waals surface area contributed by atoms with Crippen LogP contribution in [0.3, 0.4) is 0 Å². The molecule has 24 heavy (non-hydrogen) atoms. The molecule has 128 valence electrons. The van der Waals surface area contributed by atoms with Crippen LogP contribution < -0.4 is 0 Å². The lowest BCUT2D eigenvalue weighted by atomic mass is 9.84. The molecule has 0 N–H and O–H groups in total. The first-order valence-corrected chi connectivity index (χ1v) is 9.06. The minimum atomic E-state index is 0.200. The predicted octanol–water partition coefficient (Wildman–Crippen LogP) is 2.67. The summed E-state index contributed by atoms with van der Waals surface area (Å²) in [6, 6.07) is 5.00. The Labute approximate surface area is 142 Å². The van der Waals surface area contributed by atoms with Gasteiger partial charge in [0.25, 0.3) is 0 Å². The van der Waals surface area contributed by atoms with E-state index in [1.165, 1.54) is 0 Å². The Kier molecular flexibility index (Phi) is 4.36. The van der Waals surface area contributed by atoms with E-state index in [0.717, 1.165) is 51.6 Å². The summed E-state index contributed by atoms with van der Waals surface area (Å²) in [6.07, 6.45) is 14.0. The van der Waals surface area contributed by atoms with Crippen LogP contribution in [0.4, 0.5) is 0 Å². The van der Waals surface area contributed by atoms with Gasteiger partial charge in [0.2, 0.25) is 5.91 Å². The maximum atomic E-state index is 12.9. The average Bonchev–Trinajstić information content (AvgIpc) is 3.35. The molecular weight excluding hydrogens is 302 g/mol. The Hall–Kier alpha value is -2.11. The van der Waals surface area contributed by atoms with Crippen LogP contribution in [-0.2, 0) is 4.79 Å². The van der Waals surface area contributed by atoms with Gasteiger partial charge in [0.05, 0.1) is 6.04 Å². The number of piperidine rings is 1. The topological polar surface area (TPSA) is 56.0 Å². The van der Waals surface area contributed by atoms with E-state index in [9.17, 15) is 4.79 Å². The summed E-state index contributed by atoms with van der Waals surface area (Å²) in [4.78, 5) is 19.0. The molecule has 1 aliphatic heterocycles. The maximum absolute atomic E-state index is 12.9. The fourth-order valence-corrected chi connectivity index (χ4v) is 4.25. The predicted molar refractivity (Wildman–Crippen MR) is 90.3 cm³/mol. The summed E-state index contributed by atoms with van der Waals surface area (Å²) in [5.41, 5.74) is 0. The third-order valence-corrected chi connectivity index (χ3v) is 5.61. The Morgan fingerprint density at radius 1 is 1.00 bits per heavy atom. The van der Waals surface area contributed by atoms with E-state index >= 15 is 0 Å². The summed E-state index contributed by atoms with van der Waals surface area (Å²) in [7, 11) is 0. The Bertz CT molecular complexity index is 643. The molecule has 6 nitrogen and oxygen atoms in total. The monoisotopic (exact) mass is 327 g/mol. The minimum absolute atomic E-state index is 0.200. The number of aromatic nitrogens is 4. The van der Waals surface area contributed by atoms with Gasteiger partial charge in [-0.25, -0.2) is 9.67 Å². The summed E-state index contributed by atoms with van der Waals surface area (Å²) in [5, 5.41) is 4.25. The van der Waals surface area contributed by atoms with Gasteiger partial charge in [-0.05, 0) is 50.7 Å². The quantitative estimate of drug-likeness (QED) is 0.871. The molecule has 0 aromatic carbocycles. The lowest BCUT2D eigenvalue weighted by molar-refractivity contribution is -0.138. The van der Waals surface area contributed by atoms with Gasteiger partial charge in [-0.1, -0.05) is 0 Å². The minimum Gasteiger partial charge on any atom is -0.351 e. The molecule has 1 atom stereocenters. The van der Waals surface area contributed by atoms with Crippen LogP contribution in [-0.4, -0.2) is 43.2 Å². The third kappa shape index (κ3) is 3.09. The number of hydrogen-bond donors (Lipinski definition) is 0. The molecule has 2 aromatic rings. The zero-order chi connectivity index (χ0) is 16.4. The number of rotatable bonds is 3. The van der Waals surface area contributed by atoms with Gasteiger partial charge in [0.1, 0.15) is 12.7 Å². The van der Waals surface area contributed by atoms with Crippen molar-refractivity contribution in [1.29, 1.82) is 0 Å². The highest BCUT2D eigenvalue weighted by Crippen LogP contribution is 2.34. The van der Waals surface area contributed by atoms with Crippen LogP contribution >= 0.6 is 0 Å². The Balaban J connectivity index is 1.34. The Morgan fingerprint density at radius 2 is 1.79 bits per heavy atom. The average molecular weight is 327 g/mol. The van der Waals surface area contributed by atoms with Crippen LogP contribution in [0.25, 0.3) is 0 Å². The lowest BCUT2D eigenvalue weighted by Crippen LogP contribution is -2.44. The van der Waals surface area contributed by atoms with Crippen molar-refractivity contribution in [3.05, 3.63) is 37.2 Å². The molecule has 2 fully saturated rings. The van der Waals surface area contributed by atoms with Crippen molar-refractivity contribution in [2.75, 3.05) is 13.1 Å². The highest BCUT2D eigenvalue weighted by Gasteiger charge is 2.32. The first-order chi connectivity index (χ1) is 11.8. The molecule has 1 amide bonds. The van der Waals surface area contributed by atoms with E-state index in [1.54, 1.807) is 12.7 Å². The molecule has 6 heteroatoms. The Morgan fingerprint density at radius 3 is 2.50 bits per heavy atom.